The Labute approximate surface area is 70.2 Å². The molecule has 5 heteroatoms. The third-order valence-corrected chi connectivity index (χ3v) is 1.98. The van der Waals surface area contributed by atoms with Gasteiger partial charge >= 0.3 is 0 Å². The number of hydrogen-bond donors (Lipinski definition) is 0. The van der Waals surface area contributed by atoms with Crippen LogP contribution in [-0.2, 0) is 9.84 Å². The summed E-state index contributed by atoms with van der Waals surface area (Å²) in [4.78, 5) is 14.6. The molecule has 63 valence electrons. The van der Waals surface area contributed by atoms with Gasteiger partial charge in [0.25, 0.3) is 5.12 Å². The molecule has 1 aromatic heterocycles. The van der Waals surface area contributed by atoms with Crippen molar-refractivity contribution >= 4 is 15.0 Å². The van der Waals surface area contributed by atoms with E-state index >= 15 is 0 Å². The topological polar surface area (TPSA) is 64.1 Å². The molecule has 0 fully saturated rings. The molecule has 0 saturated carbocycles. The van der Waals surface area contributed by atoms with Crippen molar-refractivity contribution in [1.29, 1.82) is 0 Å². The van der Waals surface area contributed by atoms with E-state index in [1.54, 1.807) is 0 Å². The first-order valence-electron chi connectivity index (χ1n) is 3.04. The van der Waals surface area contributed by atoms with Crippen LogP contribution in [0.4, 0.5) is 0 Å². The second kappa shape index (κ2) is 3.02. The van der Waals surface area contributed by atoms with Gasteiger partial charge in [0.05, 0.1) is 11.8 Å². The zero-order valence-electron chi connectivity index (χ0n) is 6.10. The van der Waals surface area contributed by atoms with Gasteiger partial charge in [-0.3, -0.25) is 9.78 Å². The third-order valence-electron chi connectivity index (χ3n) is 1.18. The Bertz CT molecular complexity index is 382. The van der Waals surface area contributed by atoms with Crippen LogP contribution in [0.3, 0.4) is 0 Å². The largest absolute Gasteiger partial charge is 0.278 e. The second-order valence-electron chi connectivity index (χ2n) is 2.14. The van der Waals surface area contributed by atoms with Crippen molar-refractivity contribution in [3.05, 3.63) is 36.3 Å². The molecule has 0 aliphatic rings. The summed E-state index contributed by atoms with van der Waals surface area (Å²) in [5.41, 5.74) is 0.0347. The highest BCUT2D eigenvalue weighted by molar-refractivity contribution is 8.07. The van der Waals surface area contributed by atoms with Crippen LogP contribution in [0.5, 0.6) is 0 Å². The first-order chi connectivity index (χ1) is 5.52. The lowest BCUT2D eigenvalue weighted by atomic mass is 10.3. The highest BCUT2D eigenvalue weighted by Gasteiger charge is 2.17. The van der Waals surface area contributed by atoms with E-state index in [1.807, 2.05) is 0 Å². The molecular formula is C7H6NO3S. The fourth-order valence-corrected chi connectivity index (χ4v) is 1.14. The fraction of sp³-hybridized carbons (Fsp3) is 0. The molecule has 1 rings (SSSR count). The van der Waals surface area contributed by atoms with E-state index in [-0.39, 0.29) is 5.56 Å². The van der Waals surface area contributed by atoms with Gasteiger partial charge < -0.3 is 0 Å². The van der Waals surface area contributed by atoms with Crippen molar-refractivity contribution in [2.45, 2.75) is 0 Å². The Balaban J connectivity index is 3.11. The number of pyridine rings is 1. The molecule has 1 radical (unpaired) electrons. The average molecular weight is 184 g/mol. The summed E-state index contributed by atoms with van der Waals surface area (Å²) in [6, 6.07) is 2.86. The van der Waals surface area contributed by atoms with E-state index in [4.69, 9.17) is 0 Å². The van der Waals surface area contributed by atoms with Gasteiger partial charge in [-0.05, 0) is 12.1 Å². The lowest BCUT2D eigenvalue weighted by Gasteiger charge is -1.94. The van der Waals surface area contributed by atoms with E-state index < -0.39 is 15.0 Å². The van der Waals surface area contributed by atoms with Crippen LogP contribution < -0.4 is 0 Å². The minimum absolute atomic E-state index is 0.0347. The van der Waals surface area contributed by atoms with Crippen LogP contribution in [0.25, 0.3) is 0 Å². The van der Waals surface area contributed by atoms with Gasteiger partial charge in [0.15, 0.2) is 0 Å². The minimum Gasteiger partial charge on any atom is -0.276 e. The molecule has 12 heavy (non-hydrogen) atoms. The van der Waals surface area contributed by atoms with Crippen LogP contribution >= 0.6 is 0 Å². The van der Waals surface area contributed by atoms with Gasteiger partial charge in [0.1, 0.15) is 0 Å². The Morgan fingerprint density at radius 1 is 1.50 bits per heavy atom. The zero-order valence-corrected chi connectivity index (χ0v) is 6.91. The number of aromatic nitrogens is 1. The van der Waals surface area contributed by atoms with Crippen LogP contribution in [0.15, 0.2) is 24.5 Å². The molecule has 0 atom stereocenters. The van der Waals surface area contributed by atoms with E-state index in [1.165, 1.54) is 24.5 Å². The number of carbonyl (C=O) groups excluding carboxylic acids is 1. The standard InChI is InChI=1S/C7H6NO3S/c1-12(10,11)7(9)6-3-2-4-8-5-6/h2-5H,1H2. The molecule has 4 nitrogen and oxygen atoms in total. The molecule has 0 aliphatic heterocycles. The van der Waals surface area contributed by atoms with E-state index in [0.29, 0.717) is 0 Å². The Morgan fingerprint density at radius 3 is 2.58 bits per heavy atom. The van der Waals surface area contributed by atoms with Crippen LogP contribution in [0.1, 0.15) is 10.4 Å². The summed E-state index contributed by atoms with van der Waals surface area (Å²) < 4.78 is 21.3. The van der Waals surface area contributed by atoms with E-state index in [2.05, 4.69) is 11.2 Å². The molecule has 0 unspecified atom stereocenters. The molecule has 0 aromatic carbocycles. The van der Waals surface area contributed by atoms with Crippen molar-refractivity contribution in [1.82, 2.24) is 4.98 Å². The van der Waals surface area contributed by atoms with Crippen molar-refractivity contribution in [2.75, 3.05) is 0 Å². The quantitative estimate of drug-likeness (QED) is 0.634. The van der Waals surface area contributed by atoms with Gasteiger partial charge in [-0.15, -0.1) is 0 Å². The first kappa shape index (κ1) is 8.86. The fourth-order valence-electron chi connectivity index (χ4n) is 0.663. The lowest BCUT2D eigenvalue weighted by Crippen LogP contribution is -2.10. The first-order valence-corrected chi connectivity index (χ1v) is 4.69. The maximum Gasteiger partial charge on any atom is 0.278 e. The molecule has 1 heterocycles. The molecule has 0 spiro atoms. The highest BCUT2D eigenvalue weighted by Crippen LogP contribution is 2.02. The van der Waals surface area contributed by atoms with E-state index in [9.17, 15) is 13.2 Å². The molecule has 1 aromatic rings. The number of hydrogen-bond acceptors (Lipinski definition) is 4. The van der Waals surface area contributed by atoms with Crippen molar-refractivity contribution in [3.8, 4) is 0 Å². The lowest BCUT2D eigenvalue weighted by molar-refractivity contribution is 0.107. The summed E-state index contributed by atoms with van der Waals surface area (Å²) in [5.74, 6) is 0. The van der Waals surface area contributed by atoms with E-state index in [0.717, 1.165) is 0 Å². The van der Waals surface area contributed by atoms with Gasteiger partial charge in [0, 0.05) is 12.4 Å². The molecule has 0 bridgehead atoms. The number of sulfone groups is 1. The summed E-state index contributed by atoms with van der Waals surface area (Å²) in [6.45, 7) is 0. The molecule has 0 saturated heterocycles. The summed E-state index contributed by atoms with van der Waals surface area (Å²) in [7, 11) is -3.88. The normalized spacial score (nSPS) is 11.1. The zero-order chi connectivity index (χ0) is 9.19. The average Bonchev–Trinajstić information content (AvgIpc) is 2.03. The van der Waals surface area contributed by atoms with Crippen molar-refractivity contribution in [2.24, 2.45) is 0 Å². The summed E-state index contributed by atoms with van der Waals surface area (Å²) in [5, 5.41) is -1.00. The SMILES string of the molecule is [CH2]S(=O)(=O)C(=O)c1cccnc1. The number of rotatable bonds is 1. The maximum atomic E-state index is 11.0. The van der Waals surface area contributed by atoms with Gasteiger partial charge in [-0.25, -0.2) is 8.42 Å². The second-order valence-corrected chi connectivity index (χ2v) is 3.74. The Kier molecular flexibility index (Phi) is 2.23. The predicted octanol–water partition coefficient (Wildman–Crippen LogP) is 0.428. The van der Waals surface area contributed by atoms with Crippen LogP contribution in [0, 0.1) is 6.26 Å². The number of carbonyl (C=O) groups is 1. The van der Waals surface area contributed by atoms with Gasteiger partial charge in [0.2, 0.25) is 9.84 Å². The van der Waals surface area contributed by atoms with Crippen LogP contribution in [-0.4, -0.2) is 18.5 Å². The molecular weight excluding hydrogens is 178 g/mol. The summed E-state index contributed by atoms with van der Waals surface area (Å²) in [6.07, 6.45) is 5.38. The maximum absolute atomic E-state index is 11.0. The molecule has 0 N–H and O–H groups in total. The monoisotopic (exact) mass is 184 g/mol. The Hall–Kier alpha value is -1.23. The highest BCUT2D eigenvalue weighted by atomic mass is 32.2. The minimum atomic E-state index is -3.88. The smallest absolute Gasteiger partial charge is 0.276 e. The molecule has 0 amide bonds. The van der Waals surface area contributed by atoms with Gasteiger partial charge in [-0.2, -0.15) is 0 Å². The summed E-state index contributed by atoms with van der Waals surface area (Å²) >= 11 is 0. The number of nitrogens with zero attached hydrogens (tertiary/aromatic N) is 1. The van der Waals surface area contributed by atoms with Crippen molar-refractivity contribution < 1.29 is 13.2 Å². The Morgan fingerprint density at radius 2 is 2.17 bits per heavy atom. The van der Waals surface area contributed by atoms with Gasteiger partial charge in [-0.1, -0.05) is 0 Å². The predicted molar refractivity (Wildman–Crippen MR) is 42.8 cm³/mol. The van der Waals surface area contributed by atoms with Crippen molar-refractivity contribution in [3.63, 3.8) is 0 Å². The molecule has 0 aliphatic carbocycles. The van der Waals surface area contributed by atoms with Crippen LogP contribution in [0.2, 0.25) is 0 Å². The third kappa shape index (κ3) is 1.88.